The molecule has 0 bridgehead atoms. The second-order valence-electron chi connectivity index (χ2n) is 8.70. The second-order valence-corrected chi connectivity index (χ2v) is 10.9. The molecule has 0 saturated carbocycles. The van der Waals surface area contributed by atoms with Gasteiger partial charge in [-0.3, -0.25) is 18.8 Å². The maximum atomic E-state index is 13.9. The smallest absolute Gasteiger partial charge is 0.265 e. The lowest BCUT2D eigenvalue weighted by Crippen LogP contribution is -2.53. The number of fused-ring (bicyclic) bond motifs is 1. The molecule has 1 atom stereocenters. The monoisotopic (exact) mass is 520 g/mol. The van der Waals surface area contributed by atoms with Gasteiger partial charge in [0.15, 0.2) is 0 Å². The maximum absolute atomic E-state index is 13.9. The summed E-state index contributed by atoms with van der Waals surface area (Å²) < 4.78 is 34.3. The highest BCUT2D eigenvalue weighted by atomic mass is 35.5. The number of hydrogen-bond donors (Lipinski definition) is 2. The largest absolute Gasteiger partial charge is 0.379 e. The summed E-state index contributed by atoms with van der Waals surface area (Å²) in [4.78, 5) is 28.1. The van der Waals surface area contributed by atoms with E-state index in [1.54, 1.807) is 44.2 Å². The summed E-state index contributed by atoms with van der Waals surface area (Å²) in [5.74, 6) is -0.957. The Kier molecular flexibility index (Phi) is 7.65. The third-order valence-electron chi connectivity index (χ3n) is 6.21. The quantitative estimate of drug-likeness (QED) is 0.580. The van der Waals surface area contributed by atoms with Crippen molar-refractivity contribution < 1.29 is 22.7 Å². The predicted molar refractivity (Wildman–Crippen MR) is 134 cm³/mol. The minimum atomic E-state index is -4.20. The molecule has 1 saturated heterocycles. The van der Waals surface area contributed by atoms with Crippen LogP contribution < -0.4 is 14.9 Å². The van der Waals surface area contributed by atoms with Crippen molar-refractivity contribution in [3.8, 4) is 0 Å². The van der Waals surface area contributed by atoms with Crippen molar-refractivity contribution in [3.05, 3.63) is 52.5 Å². The van der Waals surface area contributed by atoms with Crippen molar-refractivity contribution in [2.75, 3.05) is 49.0 Å². The Hall–Kier alpha value is -2.66. The number of carbonyl (C=O) groups is 2. The highest BCUT2D eigenvalue weighted by Gasteiger charge is 2.42. The SMILES string of the molecule is Cc1cc(S(=O)(=O)N2c3ccccc3NC(=O)C2CC(=O)NCCN2CCOCC2)c(C)cc1Cl. The van der Waals surface area contributed by atoms with Crippen LogP contribution in [0.25, 0.3) is 0 Å². The number of amides is 2. The van der Waals surface area contributed by atoms with Crippen LogP contribution in [0.5, 0.6) is 0 Å². The summed E-state index contributed by atoms with van der Waals surface area (Å²) in [5, 5.41) is 6.02. The Morgan fingerprint density at radius 1 is 1.17 bits per heavy atom. The van der Waals surface area contributed by atoms with Crippen molar-refractivity contribution >= 4 is 44.8 Å². The number of benzene rings is 2. The predicted octanol–water partition coefficient (Wildman–Crippen LogP) is 2.31. The number of ether oxygens (including phenoxy) is 1. The molecule has 2 heterocycles. The van der Waals surface area contributed by atoms with Gasteiger partial charge in [0, 0.05) is 31.2 Å². The van der Waals surface area contributed by atoms with Gasteiger partial charge in [0.2, 0.25) is 11.8 Å². The second kappa shape index (κ2) is 10.5. The Bertz CT molecular complexity index is 1230. The van der Waals surface area contributed by atoms with Crippen LogP contribution in [0.15, 0.2) is 41.3 Å². The highest BCUT2D eigenvalue weighted by Crippen LogP contribution is 2.38. The van der Waals surface area contributed by atoms with Gasteiger partial charge in [0.1, 0.15) is 6.04 Å². The zero-order valence-corrected chi connectivity index (χ0v) is 21.3. The third kappa shape index (κ3) is 5.45. The van der Waals surface area contributed by atoms with Gasteiger partial charge >= 0.3 is 0 Å². The van der Waals surface area contributed by atoms with Crippen molar-refractivity contribution in [1.82, 2.24) is 10.2 Å². The molecule has 2 aromatic carbocycles. The van der Waals surface area contributed by atoms with Crippen LogP contribution in [0.2, 0.25) is 5.02 Å². The van der Waals surface area contributed by atoms with Crippen LogP contribution in [0, 0.1) is 13.8 Å². The minimum Gasteiger partial charge on any atom is -0.379 e. The highest BCUT2D eigenvalue weighted by molar-refractivity contribution is 7.93. The fourth-order valence-electron chi connectivity index (χ4n) is 4.30. The Morgan fingerprint density at radius 2 is 1.89 bits per heavy atom. The molecule has 35 heavy (non-hydrogen) atoms. The van der Waals surface area contributed by atoms with E-state index in [1.807, 2.05) is 0 Å². The first-order valence-electron chi connectivity index (χ1n) is 11.5. The fourth-order valence-corrected chi connectivity index (χ4v) is 6.44. The number of hydrogen-bond acceptors (Lipinski definition) is 6. The number of aryl methyl sites for hydroxylation is 2. The summed E-state index contributed by atoms with van der Waals surface area (Å²) in [6.07, 6.45) is -0.311. The van der Waals surface area contributed by atoms with E-state index < -0.39 is 27.9 Å². The zero-order chi connectivity index (χ0) is 25.2. The summed E-state index contributed by atoms with van der Waals surface area (Å²) >= 11 is 6.19. The molecule has 2 amide bonds. The fraction of sp³-hybridized carbons (Fsp3) is 0.417. The van der Waals surface area contributed by atoms with Gasteiger partial charge in [-0.1, -0.05) is 23.7 Å². The Labute approximate surface area is 210 Å². The van der Waals surface area contributed by atoms with Crippen LogP contribution in [0.4, 0.5) is 11.4 Å². The summed E-state index contributed by atoms with van der Waals surface area (Å²) in [5.41, 5.74) is 1.74. The van der Waals surface area contributed by atoms with Crippen LogP contribution in [0.3, 0.4) is 0 Å². The molecular weight excluding hydrogens is 492 g/mol. The van der Waals surface area contributed by atoms with E-state index in [2.05, 4.69) is 15.5 Å². The number of anilines is 2. The first-order chi connectivity index (χ1) is 16.7. The van der Waals surface area contributed by atoms with Gasteiger partial charge in [0.05, 0.1) is 35.9 Å². The van der Waals surface area contributed by atoms with Crippen LogP contribution >= 0.6 is 11.6 Å². The zero-order valence-electron chi connectivity index (χ0n) is 19.7. The number of carbonyl (C=O) groups excluding carboxylic acids is 2. The first-order valence-corrected chi connectivity index (χ1v) is 13.3. The molecule has 0 radical (unpaired) electrons. The standard InChI is InChI=1S/C24H29ClN4O5S/c1-16-14-22(17(2)13-18(16)25)35(32,33)29-20-6-4-3-5-19(20)27-24(31)21(29)15-23(30)26-7-8-28-9-11-34-12-10-28/h3-6,13-14,21H,7-12,15H2,1-2H3,(H,26,30)(H,27,31). The van der Waals surface area contributed by atoms with Crippen LogP contribution in [-0.2, 0) is 24.3 Å². The molecule has 1 fully saturated rings. The summed E-state index contributed by atoms with van der Waals surface area (Å²) in [6.45, 7) is 7.33. The molecule has 2 N–H and O–H groups in total. The van der Waals surface area contributed by atoms with Gasteiger partial charge in [-0.15, -0.1) is 0 Å². The topological polar surface area (TPSA) is 108 Å². The Morgan fingerprint density at radius 3 is 2.63 bits per heavy atom. The van der Waals surface area contributed by atoms with Gasteiger partial charge in [-0.25, -0.2) is 8.42 Å². The maximum Gasteiger partial charge on any atom is 0.265 e. The molecule has 2 aliphatic heterocycles. The average Bonchev–Trinajstić information content (AvgIpc) is 2.82. The number of para-hydroxylation sites is 2. The number of morpholine rings is 1. The molecule has 11 heteroatoms. The minimum absolute atomic E-state index is 0.0432. The molecule has 9 nitrogen and oxygen atoms in total. The van der Waals surface area contributed by atoms with Crippen LogP contribution in [0.1, 0.15) is 17.5 Å². The summed E-state index contributed by atoms with van der Waals surface area (Å²) in [7, 11) is -4.20. The number of halogens is 1. The van der Waals surface area contributed by atoms with E-state index in [0.29, 0.717) is 53.8 Å². The molecule has 1 unspecified atom stereocenters. The molecule has 0 aromatic heterocycles. The molecule has 2 aromatic rings. The molecular formula is C24H29ClN4O5S. The van der Waals surface area contributed by atoms with Crippen LogP contribution in [-0.4, -0.2) is 70.6 Å². The lowest BCUT2D eigenvalue weighted by atomic mass is 10.1. The molecule has 0 aliphatic carbocycles. The van der Waals surface area contributed by atoms with Crippen molar-refractivity contribution in [2.24, 2.45) is 0 Å². The lowest BCUT2D eigenvalue weighted by molar-refractivity contribution is -0.125. The van der Waals surface area contributed by atoms with Crippen molar-refractivity contribution in [3.63, 3.8) is 0 Å². The summed E-state index contributed by atoms with van der Waals surface area (Å²) in [6, 6.07) is 8.50. The molecule has 0 spiro atoms. The van der Waals surface area contributed by atoms with Crippen molar-refractivity contribution in [2.45, 2.75) is 31.2 Å². The van der Waals surface area contributed by atoms with Gasteiger partial charge in [0.25, 0.3) is 10.0 Å². The average molecular weight is 521 g/mol. The lowest BCUT2D eigenvalue weighted by Gasteiger charge is -2.37. The first kappa shape index (κ1) is 25.4. The van der Waals surface area contributed by atoms with Gasteiger partial charge in [-0.05, 0) is 49.2 Å². The van der Waals surface area contributed by atoms with E-state index in [1.165, 1.54) is 6.07 Å². The molecule has 2 aliphatic rings. The number of nitrogens with one attached hydrogen (secondary N) is 2. The number of rotatable bonds is 7. The third-order valence-corrected chi connectivity index (χ3v) is 8.58. The Balaban J connectivity index is 1.61. The number of sulfonamides is 1. The van der Waals surface area contributed by atoms with E-state index >= 15 is 0 Å². The van der Waals surface area contributed by atoms with E-state index in [0.717, 1.165) is 17.4 Å². The molecule has 188 valence electrons. The van der Waals surface area contributed by atoms with Gasteiger partial charge in [-0.2, -0.15) is 0 Å². The molecule has 4 rings (SSSR count). The normalized spacial score (nSPS) is 18.7. The number of nitrogens with zero attached hydrogens (tertiary/aromatic N) is 2. The van der Waals surface area contributed by atoms with E-state index in [4.69, 9.17) is 16.3 Å². The van der Waals surface area contributed by atoms with Crippen molar-refractivity contribution in [1.29, 1.82) is 0 Å². The van der Waals surface area contributed by atoms with E-state index in [9.17, 15) is 18.0 Å². The van der Waals surface area contributed by atoms with Gasteiger partial charge < -0.3 is 15.4 Å². The van der Waals surface area contributed by atoms with E-state index in [-0.39, 0.29) is 11.3 Å².